The first-order valence-electron chi connectivity index (χ1n) is 9.72. The predicted octanol–water partition coefficient (Wildman–Crippen LogP) is 4.31. The Hall–Kier alpha value is -1.69. The number of alkyl halides is 2. The van der Waals surface area contributed by atoms with Gasteiger partial charge in [-0.2, -0.15) is 8.78 Å². The normalized spacial score (nSPS) is 16.5. The van der Waals surface area contributed by atoms with E-state index in [-0.39, 0.29) is 35.8 Å². The van der Waals surface area contributed by atoms with Gasteiger partial charge in [-0.1, -0.05) is 12.1 Å². The second kappa shape index (κ2) is 11.6. The molecule has 2 N–H and O–H groups in total. The second-order valence-corrected chi connectivity index (χ2v) is 8.15. The second-order valence-electron chi connectivity index (χ2n) is 6.87. The molecule has 0 radical (unpaired) electrons. The molecule has 1 aromatic carbocycles. The molecule has 0 aliphatic carbocycles. The first-order chi connectivity index (χ1) is 14.0. The first-order valence-corrected chi connectivity index (χ1v) is 10.5. The number of nitrogens with one attached hydrogen (secondary N) is 2. The van der Waals surface area contributed by atoms with Crippen LogP contribution in [0.2, 0.25) is 0 Å². The molecule has 0 amide bonds. The number of para-hydroxylation sites is 2. The average molecular weight is 551 g/mol. The first kappa shape index (κ1) is 24.6. The molecule has 1 aliphatic rings. The zero-order valence-corrected chi connectivity index (χ0v) is 20.5. The number of thiazole rings is 1. The number of aliphatic imine (C=N–C) groups is 1. The lowest BCUT2D eigenvalue weighted by molar-refractivity contribution is -0.0495. The Bertz CT molecular complexity index is 829. The Morgan fingerprint density at radius 3 is 2.80 bits per heavy atom. The number of hydrogen-bond donors (Lipinski definition) is 2. The van der Waals surface area contributed by atoms with E-state index in [1.54, 1.807) is 23.5 Å². The van der Waals surface area contributed by atoms with E-state index in [0.717, 1.165) is 36.2 Å². The van der Waals surface area contributed by atoms with Crippen molar-refractivity contribution in [3.05, 3.63) is 39.8 Å². The number of benzene rings is 1. The SMILES string of the molecule is CCNC(=NCc1nc(C)c(C)s1)NC1CCN(c2ccccc2OC(F)F)C1.I. The van der Waals surface area contributed by atoms with Crippen LogP contribution in [0.1, 0.15) is 28.9 Å². The number of rotatable bonds is 7. The van der Waals surface area contributed by atoms with Crippen LogP contribution in [0.25, 0.3) is 0 Å². The monoisotopic (exact) mass is 551 g/mol. The van der Waals surface area contributed by atoms with E-state index in [4.69, 9.17) is 0 Å². The number of aryl methyl sites for hydroxylation is 2. The van der Waals surface area contributed by atoms with E-state index in [1.807, 2.05) is 26.0 Å². The summed E-state index contributed by atoms with van der Waals surface area (Å²) in [4.78, 5) is 12.5. The van der Waals surface area contributed by atoms with Gasteiger partial charge in [-0.3, -0.25) is 0 Å². The van der Waals surface area contributed by atoms with E-state index < -0.39 is 6.61 Å². The van der Waals surface area contributed by atoms with Crippen LogP contribution in [-0.4, -0.2) is 43.2 Å². The van der Waals surface area contributed by atoms with Crippen molar-refractivity contribution in [2.24, 2.45) is 4.99 Å². The summed E-state index contributed by atoms with van der Waals surface area (Å²) in [5.74, 6) is 0.945. The molecule has 1 aliphatic heterocycles. The summed E-state index contributed by atoms with van der Waals surface area (Å²) in [5.41, 5.74) is 1.74. The molecule has 3 rings (SSSR count). The van der Waals surface area contributed by atoms with Gasteiger partial charge in [0.2, 0.25) is 0 Å². The Balaban J connectivity index is 0.00000320. The maximum Gasteiger partial charge on any atom is 0.387 e. The van der Waals surface area contributed by atoms with Crippen molar-refractivity contribution in [3.8, 4) is 5.75 Å². The number of aromatic nitrogens is 1. The summed E-state index contributed by atoms with van der Waals surface area (Å²) in [5, 5.41) is 7.71. The number of anilines is 1. The molecule has 0 spiro atoms. The minimum Gasteiger partial charge on any atom is -0.433 e. The summed E-state index contributed by atoms with van der Waals surface area (Å²) in [6.45, 7) is 5.97. The fourth-order valence-electron chi connectivity index (χ4n) is 3.28. The fraction of sp³-hybridized carbons (Fsp3) is 0.500. The van der Waals surface area contributed by atoms with Crippen molar-refractivity contribution >= 4 is 47.0 Å². The summed E-state index contributed by atoms with van der Waals surface area (Å²) in [6, 6.07) is 7.08. The largest absolute Gasteiger partial charge is 0.433 e. The van der Waals surface area contributed by atoms with Crippen LogP contribution >= 0.6 is 35.3 Å². The quantitative estimate of drug-likeness (QED) is 0.305. The highest BCUT2D eigenvalue weighted by molar-refractivity contribution is 14.0. The fourth-order valence-corrected chi connectivity index (χ4v) is 4.14. The van der Waals surface area contributed by atoms with Crippen molar-refractivity contribution in [1.82, 2.24) is 15.6 Å². The Morgan fingerprint density at radius 1 is 1.37 bits per heavy atom. The topological polar surface area (TPSA) is 61.8 Å². The van der Waals surface area contributed by atoms with Gasteiger partial charge in [0.1, 0.15) is 10.8 Å². The summed E-state index contributed by atoms with van der Waals surface area (Å²) >= 11 is 1.66. The maximum atomic E-state index is 12.7. The highest BCUT2D eigenvalue weighted by Crippen LogP contribution is 2.31. The molecule has 0 saturated carbocycles. The molecule has 1 atom stereocenters. The minimum atomic E-state index is -2.83. The van der Waals surface area contributed by atoms with Crippen LogP contribution in [-0.2, 0) is 6.54 Å². The van der Waals surface area contributed by atoms with Crippen LogP contribution in [0, 0.1) is 13.8 Å². The van der Waals surface area contributed by atoms with Crippen molar-refractivity contribution in [3.63, 3.8) is 0 Å². The highest BCUT2D eigenvalue weighted by Gasteiger charge is 2.26. The van der Waals surface area contributed by atoms with Gasteiger partial charge in [0, 0.05) is 30.6 Å². The molecule has 1 fully saturated rings. The van der Waals surface area contributed by atoms with Crippen molar-refractivity contribution in [2.75, 3.05) is 24.5 Å². The van der Waals surface area contributed by atoms with Gasteiger partial charge < -0.3 is 20.3 Å². The Kier molecular flexibility index (Phi) is 9.53. The molecular formula is C20H28F2IN5OS. The number of halogens is 3. The van der Waals surface area contributed by atoms with Crippen LogP contribution in [0.5, 0.6) is 5.75 Å². The van der Waals surface area contributed by atoms with E-state index in [0.29, 0.717) is 18.8 Å². The third-order valence-electron chi connectivity index (χ3n) is 4.74. The summed E-state index contributed by atoms with van der Waals surface area (Å²) < 4.78 is 30.1. The maximum absolute atomic E-state index is 12.7. The van der Waals surface area contributed by atoms with Gasteiger partial charge in [-0.15, -0.1) is 35.3 Å². The molecule has 2 heterocycles. The standard InChI is InChI=1S/C20H27F2N5OS.HI/c1-4-23-20(24-11-18-25-13(2)14(3)29-18)26-15-9-10-27(12-15)16-7-5-6-8-17(16)28-19(21)22;/h5-8,15,19H,4,9-12H2,1-3H3,(H2,23,24,26);1H. The Morgan fingerprint density at radius 2 is 2.13 bits per heavy atom. The van der Waals surface area contributed by atoms with Gasteiger partial charge in [0.25, 0.3) is 0 Å². The van der Waals surface area contributed by atoms with Gasteiger partial charge in [0.15, 0.2) is 5.96 Å². The smallest absolute Gasteiger partial charge is 0.387 e. The molecule has 1 aromatic heterocycles. The van der Waals surface area contributed by atoms with Crippen LogP contribution in [0.15, 0.2) is 29.3 Å². The molecule has 2 aromatic rings. The van der Waals surface area contributed by atoms with Crippen LogP contribution in [0.4, 0.5) is 14.5 Å². The number of hydrogen-bond acceptors (Lipinski definition) is 5. The van der Waals surface area contributed by atoms with E-state index in [1.165, 1.54) is 4.88 Å². The van der Waals surface area contributed by atoms with E-state index in [9.17, 15) is 8.78 Å². The molecule has 0 bridgehead atoms. The lowest BCUT2D eigenvalue weighted by atomic mass is 10.2. The molecule has 6 nitrogen and oxygen atoms in total. The highest BCUT2D eigenvalue weighted by atomic mass is 127. The number of ether oxygens (including phenoxy) is 1. The molecule has 166 valence electrons. The summed E-state index contributed by atoms with van der Waals surface area (Å²) in [6.07, 6.45) is 0.878. The summed E-state index contributed by atoms with van der Waals surface area (Å²) in [7, 11) is 0. The minimum absolute atomic E-state index is 0. The molecule has 1 saturated heterocycles. The zero-order valence-electron chi connectivity index (χ0n) is 17.3. The lowest BCUT2D eigenvalue weighted by Crippen LogP contribution is -2.44. The molecule has 10 heteroatoms. The molecule has 1 unspecified atom stereocenters. The third kappa shape index (κ3) is 6.66. The zero-order chi connectivity index (χ0) is 20.8. The van der Waals surface area contributed by atoms with Gasteiger partial charge in [-0.05, 0) is 39.3 Å². The number of nitrogens with zero attached hydrogens (tertiary/aromatic N) is 3. The van der Waals surface area contributed by atoms with Crippen molar-refractivity contribution in [2.45, 2.75) is 46.4 Å². The average Bonchev–Trinajstić information content (AvgIpc) is 3.26. The van der Waals surface area contributed by atoms with Crippen LogP contribution in [0.3, 0.4) is 0 Å². The van der Waals surface area contributed by atoms with Crippen molar-refractivity contribution in [1.29, 1.82) is 0 Å². The molecular weight excluding hydrogens is 523 g/mol. The Labute approximate surface area is 197 Å². The van der Waals surface area contributed by atoms with E-state index in [2.05, 4.69) is 37.2 Å². The van der Waals surface area contributed by atoms with Crippen LogP contribution < -0.4 is 20.3 Å². The van der Waals surface area contributed by atoms with Gasteiger partial charge in [-0.25, -0.2) is 9.98 Å². The lowest BCUT2D eigenvalue weighted by Gasteiger charge is -2.22. The van der Waals surface area contributed by atoms with Crippen molar-refractivity contribution < 1.29 is 13.5 Å². The van der Waals surface area contributed by atoms with Gasteiger partial charge in [0.05, 0.1) is 17.9 Å². The predicted molar refractivity (Wildman–Crippen MR) is 129 cm³/mol. The van der Waals surface area contributed by atoms with Gasteiger partial charge >= 0.3 is 6.61 Å². The molecule has 30 heavy (non-hydrogen) atoms. The third-order valence-corrected chi connectivity index (χ3v) is 5.80. The van der Waals surface area contributed by atoms with E-state index >= 15 is 0 Å². The number of guanidine groups is 1.